The second-order valence-electron chi connectivity index (χ2n) is 4.21. The molecule has 0 atom stereocenters. The third-order valence-corrected chi connectivity index (χ3v) is 3.15. The molecular weight excluding hydrogens is 285 g/mol. The molecule has 0 radical (unpaired) electrons. The fourth-order valence-corrected chi connectivity index (χ4v) is 2.24. The minimum atomic E-state index is -0.614. The Balaban J connectivity index is 2.69. The van der Waals surface area contributed by atoms with E-state index in [-0.39, 0.29) is 16.5 Å². The average Bonchev–Trinajstić information content (AvgIpc) is 2.36. The molecule has 5 nitrogen and oxygen atoms in total. The number of nitro groups is 1. The first kappa shape index (κ1) is 14.2. The van der Waals surface area contributed by atoms with Crippen molar-refractivity contribution < 1.29 is 9.31 Å². The van der Waals surface area contributed by atoms with Crippen LogP contribution in [0.5, 0.6) is 0 Å². The largest absolute Gasteiger partial charge is 0.367 e. The van der Waals surface area contributed by atoms with Crippen LogP contribution in [0.25, 0.3) is 11.1 Å². The van der Waals surface area contributed by atoms with E-state index in [9.17, 15) is 14.5 Å². The summed E-state index contributed by atoms with van der Waals surface area (Å²) in [4.78, 5) is 14.4. The molecule has 0 spiro atoms. The van der Waals surface area contributed by atoms with Crippen molar-refractivity contribution in [3.8, 4) is 11.1 Å². The number of benzene rings is 1. The lowest BCUT2D eigenvalue weighted by atomic mass is 10.0. The maximum Gasteiger partial charge on any atom is 0.330 e. The van der Waals surface area contributed by atoms with Gasteiger partial charge < -0.3 is 5.32 Å². The summed E-state index contributed by atoms with van der Waals surface area (Å²) in [6, 6.07) is 4.31. The van der Waals surface area contributed by atoms with Gasteiger partial charge >= 0.3 is 5.69 Å². The number of anilines is 1. The van der Waals surface area contributed by atoms with E-state index in [0.29, 0.717) is 16.7 Å². The number of rotatable bonds is 3. The van der Waals surface area contributed by atoms with Crippen LogP contribution in [0.2, 0.25) is 5.02 Å². The molecule has 7 heteroatoms. The van der Waals surface area contributed by atoms with Crippen molar-refractivity contribution in [3.05, 3.63) is 50.9 Å². The SMILES string of the molecule is CNc1ncc(-c2cc(C)cc(F)c2)c(Cl)c1[N+](=O)[O-]. The van der Waals surface area contributed by atoms with Crippen molar-refractivity contribution in [1.82, 2.24) is 4.98 Å². The molecule has 2 aromatic rings. The van der Waals surface area contributed by atoms with Crippen molar-refractivity contribution in [1.29, 1.82) is 0 Å². The highest BCUT2D eigenvalue weighted by Gasteiger charge is 2.23. The van der Waals surface area contributed by atoms with E-state index in [0.717, 1.165) is 0 Å². The van der Waals surface area contributed by atoms with Crippen LogP contribution in [0.3, 0.4) is 0 Å². The van der Waals surface area contributed by atoms with Crippen LogP contribution in [0.15, 0.2) is 24.4 Å². The van der Waals surface area contributed by atoms with E-state index in [2.05, 4.69) is 10.3 Å². The molecule has 1 heterocycles. The quantitative estimate of drug-likeness (QED) is 0.691. The number of aryl methyl sites for hydroxylation is 1. The lowest BCUT2D eigenvalue weighted by Crippen LogP contribution is -2.01. The van der Waals surface area contributed by atoms with E-state index in [1.807, 2.05) is 0 Å². The molecule has 1 N–H and O–H groups in total. The van der Waals surface area contributed by atoms with Crippen molar-refractivity contribution in [2.45, 2.75) is 6.92 Å². The van der Waals surface area contributed by atoms with Crippen LogP contribution in [0.4, 0.5) is 15.9 Å². The number of pyridine rings is 1. The Hall–Kier alpha value is -2.21. The molecule has 1 aromatic carbocycles. The van der Waals surface area contributed by atoms with Crippen LogP contribution in [-0.2, 0) is 0 Å². The van der Waals surface area contributed by atoms with Crippen LogP contribution in [0, 0.1) is 22.9 Å². The number of nitrogens with one attached hydrogen (secondary N) is 1. The number of halogens is 2. The zero-order valence-electron chi connectivity index (χ0n) is 10.8. The van der Waals surface area contributed by atoms with Gasteiger partial charge in [-0.05, 0) is 30.2 Å². The highest BCUT2D eigenvalue weighted by Crippen LogP contribution is 2.38. The predicted octanol–water partition coefficient (Wildman–Crippen LogP) is 3.80. The molecule has 0 saturated heterocycles. The first-order valence-corrected chi connectivity index (χ1v) is 6.10. The molecule has 0 unspecified atom stereocenters. The topological polar surface area (TPSA) is 68.1 Å². The number of nitrogens with zero attached hydrogens (tertiary/aromatic N) is 2. The van der Waals surface area contributed by atoms with Crippen molar-refractivity contribution in [2.75, 3.05) is 12.4 Å². The van der Waals surface area contributed by atoms with E-state index in [1.165, 1.54) is 25.4 Å². The Kier molecular flexibility index (Phi) is 3.85. The van der Waals surface area contributed by atoms with Gasteiger partial charge in [0.05, 0.1) is 4.92 Å². The molecule has 0 fully saturated rings. The Morgan fingerprint density at radius 3 is 2.65 bits per heavy atom. The van der Waals surface area contributed by atoms with Gasteiger partial charge in [0, 0.05) is 18.8 Å². The summed E-state index contributed by atoms with van der Waals surface area (Å²) in [5, 5.41) is 13.6. The Morgan fingerprint density at radius 1 is 1.40 bits per heavy atom. The normalized spacial score (nSPS) is 10.4. The summed E-state index contributed by atoms with van der Waals surface area (Å²) in [5.74, 6) is -0.367. The molecule has 0 saturated carbocycles. The van der Waals surface area contributed by atoms with Gasteiger partial charge in [-0.3, -0.25) is 10.1 Å². The van der Waals surface area contributed by atoms with Gasteiger partial charge in [-0.15, -0.1) is 0 Å². The minimum Gasteiger partial charge on any atom is -0.367 e. The summed E-state index contributed by atoms with van der Waals surface area (Å²) < 4.78 is 13.4. The first-order valence-electron chi connectivity index (χ1n) is 5.72. The minimum absolute atomic E-state index is 0.0666. The molecular formula is C13H11ClFN3O2. The predicted molar refractivity (Wildman–Crippen MR) is 75.6 cm³/mol. The molecule has 104 valence electrons. The lowest BCUT2D eigenvalue weighted by Gasteiger charge is -2.09. The van der Waals surface area contributed by atoms with Gasteiger partial charge in [0.1, 0.15) is 10.8 Å². The maximum atomic E-state index is 13.4. The van der Waals surface area contributed by atoms with Gasteiger partial charge in [-0.2, -0.15) is 0 Å². The fraction of sp³-hybridized carbons (Fsp3) is 0.154. The van der Waals surface area contributed by atoms with E-state index in [1.54, 1.807) is 13.0 Å². The Bertz CT molecular complexity index is 671. The summed E-state index contributed by atoms with van der Waals surface area (Å²) in [6.07, 6.45) is 1.38. The van der Waals surface area contributed by atoms with Crippen LogP contribution in [0.1, 0.15) is 5.56 Å². The molecule has 0 aliphatic carbocycles. The Morgan fingerprint density at radius 2 is 2.10 bits per heavy atom. The van der Waals surface area contributed by atoms with Crippen molar-refractivity contribution in [2.24, 2.45) is 0 Å². The molecule has 2 rings (SSSR count). The van der Waals surface area contributed by atoms with Gasteiger partial charge in [0.2, 0.25) is 5.82 Å². The molecule has 0 bridgehead atoms. The monoisotopic (exact) mass is 295 g/mol. The maximum absolute atomic E-state index is 13.4. The molecule has 0 amide bonds. The van der Waals surface area contributed by atoms with Gasteiger partial charge in [-0.25, -0.2) is 9.37 Å². The van der Waals surface area contributed by atoms with Crippen LogP contribution < -0.4 is 5.32 Å². The zero-order chi connectivity index (χ0) is 14.9. The first-order chi connectivity index (χ1) is 9.43. The van der Waals surface area contributed by atoms with E-state index in [4.69, 9.17) is 11.6 Å². The van der Waals surface area contributed by atoms with Gasteiger partial charge in [0.25, 0.3) is 0 Å². The van der Waals surface area contributed by atoms with E-state index < -0.39 is 10.7 Å². The van der Waals surface area contributed by atoms with Crippen LogP contribution in [-0.4, -0.2) is 17.0 Å². The molecule has 1 aromatic heterocycles. The lowest BCUT2D eigenvalue weighted by molar-refractivity contribution is -0.384. The third-order valence-electron chi connectivity index (χ3n) is 2.76. The van der Waals surface area contributed by atoms with Crippen molar-refractivity contribution in [3.63, 3.8) is 0 Å². The smallest absolute Gasteiger partial charge is 0.330 e. The highest BCUT2D eigenvalue weighted by atomic mass is 35.5. The molecule has 0 aliphatic heterocycles. The summed E-state index contributed by atoms with van der Waals surface area (Å²) in [5.41, 5.74) is 1.13. The zero-order valence-corrected chi connectivity index (χ0v) is 11.5. The number of hydrogen-bond donors (Lipinski definition) is 1. The standard InChI is InChI=1S/C13H11ClFN3O2/c1-7-3-8(5-9(15)4-7)10-6-17-13(16-2)12(11(10)14)18(19)20/h3-6H,1-2H3,(H,16,17). The van der Waals surface area contributed by atoms with Gasteiger partial charge in [0.15, 0.2) is 0 Å². The second kappa shape index (κ2) is 5.42. The summed E-state index contributed by atoms with van der Waals surface area (Å²) in [7, 11) is 1.51. The molecule has 20 heavy (non-hydrogen) atoms. The van der Waals surface area contributed by atoms with Gasteiger partial charge in [-0.1, -0.05) is 17.7 Å². The van der Waals surface area contributed by atoms with Crippen molar-refractivity contribution >= 4 is 23.1 Å². The van der Waals surface area contributed by atoms with Crippen LogP contribution >= 0.6 is 11.6 Å². The third kappa shape index (κ3) is 2.55. The second-order valence-corrected chi connectivity index (χ2v) is 4.59. The van der Waals surface area contributed by atoms with E-state index >= 15 is 0 Å². The Labute approximate surface area is 119 Å². The number of aromatic nitrogens is 1. The fourth-order valence-electron chi connectivity index (χ4n) is 1.92. The summed E-state index contributed by atoms with van der Waals surface area (Å²) in [6.45, 7) is 1.73. The molecule has 0 aliphatic rings. The highest BCUT2D eigenvalue weighted by molar-refractivity contribution is 6.35. The summed E-state index contributed by atoms with van der Waals surface area (Å²) >= 11 is 6.08. The average molecular weight is 296 g/mol. The number of hydrogen-bond acceptors (Lipinski definition) is 4.